The maximum atomic E-state index is 12.1. The van der Waals surface area contributed by atoms with E-state index in [2.05, 4.69) is 14.7 Å². The van der Waals surface area contributed by atoms with Crippen molar-refractivity contribution >= 4 is 11.9 Å². The Hall–Kier alpha value is -2.09. The summed E-state index contributed by atoms with van der Waals surface area (Å²) in [6, 6.07) is 0. The molecule has 0 bridgehead atoms. The van der Waals surface area contributed by atoms with E-state index in [0.29, 0.717) is 13.2 Å². The van der Waals surface area contributed by atoms with Gasteiger partial charge in [-0.15, -0.1) is 0 Å². The minimum absolute atomic E-state index is 0.0839. The van der Waals surface area contributed by atoms with Crippen molar-refractivity contribution in [2.75, 3.05) is 33.9 Å². The smallest absolute Gasteiger partial charge is 0.323 e. The van der Waals surface area contributed by atoms with Crippen LogP contribution in [0.3, 0.4) is 0 Å². The molecular formula is C11H17N3O5. The predicted octanol–water partition coefficient (Wildman–Crippen LogP) is -0.645. The van der Waals surface area contributed by atoms with Gasteiger partial charge >= 0.3 is 11.7 Å². The number of carbonyl (C=O) groups excluding carboxylic acids is 2. The zero-order chi connectivity index (χ0) is 14.3. The highest BCUT2D eigenvalue weighted by molar-refractivity contribution is 5.92. The van der Waals surface area contributed by atoms with Crippen molar-refractivity contribution in [2.24, 2.45) is 0 Å². The van der Waals surface area contributed by atoms with E-state index < -0.39 is 11.7 Å². The molecule has 19 heavy (non-hydrogen) atoms. The molecule has 1 amide bonds. The number of esters is 1. The van der Waals surface area contributed by atoms with Gasteiger partial charge in [-0.05, 0) is 0 Å². The van der Waals surface area contributed by atoms with Crippen molar-refractivity contribution in [1.82, 2.24) is 14.9 Å². The molecule has 8 heteroatoms. The normalized spacial score (nSPS) is 10.2. The Labute approximate surface area is 109 Å². The second-order valence-corrected chi connectivity index (χ2v) is 3.77. The first-order valence-electron chi connectivity index (χ1n) is 5.71. The van der Waals surface area contributed by atoms with Gasteiger partial charge < -0.3 is 24.3 Å². The lowest BCUT2D eigenvalue weighted by Gasteiger charge is -2.20. The molecule has 1 aromatic heterocycles. The summed E-state index contributed by atoms with van der Waals surface area (Å²) in [5.74, 6) is -0.780. The Balaban J connectivity index is 2.69. The highest BCUT2D eigenvalue weighted by Gasteiger charge is 2.18. The monoisotopic (exact) mass is 271 g/mol. The molecule has 0 aliphatic carbocycles. The molecule has 0 radical (unpaired) electrons. The summed E-state index contributed by atoms with van der Waals surface area (Å²) in [4.78, 5) is 40.3. The summed E-state index contributed by atoms with van der Waals surface area (Å²) in [5, 5.41) is 0. The zero-order valence-electron chi connectivity index (χ0n) is 10.9. The number of methoxy groups -OCH3 is 2. The van der Waals surface area contributed by atoms with Crippen molar-refractivity contribution in [3.8, 4) is 0 Å². The largest absolute Gasteiger partial charge is 0.469 e. The van der Waals surface area contributed by atoms with E-state index in [0.717, 1.165) is 0 Å². The Morgan fingerprint density at radius 1 is 1.32 bits per heavy atom. The molecule has 1 heterocycles. The van der Waals surface area contributed by atoms with Crippen LogP contribution < -0.4 is 5.69 Å². The molecule has 0 aliphatic rings. The van der Waals surface area contributed by atoms with Gasteiger partial charge in [-0.1, -0.05) is 0 Å². The summed E-state index contributed by atoms with van der Waals surface area (Å²) >= 11 is 0. The number of hydrogen-bond acceptors (Lipinski definition) is 5. The van der Waals surface area contributed by atoms with E-state index in [-0.39, 0.29) is 24.6 Å². The van der Waals surface area contributed by atoms with Crippen LogP contribution in [0.2, 0.25) is 0 Å². The van der Waals surface area contributed by atoms with Crippen LogP contribution in [-0.4, -0.2) is 60.7 Å². The van der Waals surface area contributed by atoms with Gasteiger partial charge in [0.2, 0.25) is 0 Å². The summed E-state index contributed by atoms with van der Waals surface area (Å²) in [6.07, 6.45) is 1.38. The third kappa shape index (κ3) is 4.59. The molecule has 0 aromatic carbocycles. The quantitative estimate of drug-likeness (QED) is 0.641. The standard InChI is InChI=1S/C11H17N3O5/c1-18-6-5-14(4-3-9(15)19-2)10(16)8-7-12-11(17)13-8/h7H,3-6H2,1-2H3,(H2,12,13,17). The van der Waals surface area contributed by atoms with Gasteiger partial charge in [0.25, 0.3) is 5.91 Å². The maximum Gasteiger partial charge on any atom is 0.323 e. The molecule has 0 spiro atoms. The van der Waals surface area contributed by atoms with E-state index in [1.807, 2.05) is 0 Å². The van der Waals surface area contributed by atoms with Crippen LogP contribution in [0.4, 0.5) is 0 Å². The second kappa shape index (κ2) is 7.37. The number of hydrogen-bond donors (Lipinski definition) is 2. The lowest BCUT2D eigenvalue weighted by molar-refractivity contribution is -0.140. The van der Waals surface area contributed by atoms with E-state index in [1.54, 1.807) is 0 Å². The van der Waals surface area contributed by atoms with Gasteiger partial charge in [0.1, 0.15) is 5.69 Å². The second-order valence-electron chi connectivity index (χ2n) is 3.77. The van der Waals surface area contributed by atoms with Crippen LogP contribution in [0, 0.1) is 0 Å². The van der Waals surface area contributed by atoms with Gasteiger partial charge in [0.05, 0.1) is 20.1 Å². The lowest BCUT2D eigenvalue weighted by Crippen LogP contribution is -2.36. The molecule has 8 nitrogen and oxygen atoms in total. The molecule has 0 fully saturated rings. The van der Waals surface area contributed by atoms with E-state index in [9.17, 15) is 14.4 Å². The highest BCUT2D eigenvalue weighted by Crippen LogP contribution is 2.01. The lowest BCUT2D eigenvalue weighted by atomic mass is 10.3. The summed E-state index contributed by atoms with van der Waals surface area (Å²) in [7, 11) is 2.80. The van der Waals surface area contributed by atoms with Crippen molar-refractivity contribution in [2.45, 2.75) is 6.42 Å². The minimum atomic E-state index is -0.456. The molecule has 1 aromatic rings. The number of nitrogens with zero attached hydrogens (tertiary/aromatic N) is 1. The Bertz CT molecular complexity index is 479. The summed E-state index contributed by atoms with van der Waals surface area (Å²) in [6.45, 7) is 0.850. The number of amides is 1. The highest BCUT2D eigenvalue weighted by atomic mass is 16.5. The first-order chi connectivity index (χ1) is 9.08. The van der Waals surface area contributed by atoms with Crippen LogP contribution in [0.1, 0.15) is 16.9 Å². The number of ether oxygens (including phenoxy) is 2. The molecule has 0 atom stereocenters. The summed E-state index contributed by atoms with van der Waals surface area (Å²) in [5.41, 5.74) is -0.311. The molecule has 0 saturated carbocycles. The van der Waals surface area contributed by atoms with Crippen LogP contribution >= 0.6 is 0 Å². The molecule has 106 valence electrons. The SMILES string of the molecule is COCCN(CCC(=O)OC)C(=O)c1c[nH]c(=O)[nH]1. The Morgan fingerprint density at radius 3 is 2.58 bits per heavy atom. The van der Waals surface area contributed by atoms with Gasteiger partial charge in [0.15, 0.2) is 0 Å². The van der Waals surface area contributed by atoms with Gasteiger partial charge in [-0.2, -0.15) is 0 Å². The molecule has 0 aliphatic heterocycles. The molecule has 1 rings (SSSR count). The zero-order valence-corrected chi connectivity index (χ0v) is 10.9. The molecular weight excluding hydrogens is 254 g/mol. The third-order valence-electron chi connectivity index (χ3n) is 2.49. The predicted molar refractivity (Wildman–Crippen MR) is 65.8 cm³/mol. The number of imidazole rings is 1. The van der Waals surface area contributed by atoms with Crippen molar-refractivity contribution in [1.29, 1.82) is 0 Å². The Kier molecular flexibility index (Phi) is 5.80. The average Bonchev–Trinajstić information content (AvgIpc) is 2.84. The van der Waals surface area contributed by atoms with E-state index in [1.165, 1.54) is 25.3 Å². The average molecular weight is 271 g/mol. The van der Waals surface area contributed by atoms with E-state index >= 15 is 0 Å². The fraction of sp³-hybridized carbons (Fsp3) is 0.545. The topological polar surface area (TPSA) is 104 Å². The van der Waals surface area contributed by atoms with Crippen LogP contribution in [-0.2, 0) is 14.3 Å². The molecule has 0 saturated heterocycles. The first kappa shape index (κ1) is 15.0. The van der Waals surface area contributed by atoms with Crippen LogP contribution in [0.25, 0.3) is 0 Å². The number of H-pyrrole nitrogens is 2. The fourth-order valence-corrected chi connectivity index (χ4v) is 1.46. The number of rotatable bonds is 7. The van der Waals surface area contributed by atoms with Crippen LogP contribution in [0.5, 0.6) is 0 Å². The molecule has 0 unspecified atom stereocenters. The Morgan fingerprint density at radius 2 is 2.05 bits per heavy atom. The number of carbonyl (C=O) groups is 2. The third-order valence-corrected chi connectivity index (χ3v) is 2.49. The molecule has 2 N–H and O–H groups in total. The van der Waals surface area contributed by atoms with Gasteiger partial charge in [0, 0.05) is 26.4 Å². The van der Waals surface area contributed by atoms with Crippen molar-refractivity contribution in [3.05, 3.63) is 22.4 Å². The van der Waals surface area contributed by atoms with E-state index in [4.69, 9.17) is 4.74 Å². The van der Waals surface area contributed by atoms with Crippen molar-refractivity contribution < 1.29 is 19.1 Å². The first-order valence-corrected chi connectivity index (χ1v) is 5.71. The van der Waals surface area contributed by atoms with Crippen molar-refractivity contribution in [3.63, 3.8) is 0 Å². The maximum absolute atomic E-state index is 12.1. The summed E-state index contributed by atoms with van der Waals surface area (Å²) < 4.78 is 9.43. The number of aromatic amines is 2. The van der Waals surface area contributed by atoms with Gasteiger partial charge in [-0.3, -0.25) is 9.59 Å². The minimum Gasteiger partial charge on any atom is -0.469 e. The van der Waals surface area contributed by atoms with Crippen LogP contribution in [0.15, 0.2) is 11.0 Å². The number of aromatic nitrogens is 2. The van der Waals surface area contributed by atoms with Gasteiger partial charge in [-0.25, -0.2) is 4.79 Å². The fourth-order valence-electron chi connectivity index (χ4n) is 1.46. The number of nitrogens with one attached hydrogen (secondary N) is 2.